The molecule has 4 aromatic rings. The lowest BCUT2D eigenvalue weighted by molar-refractivity contribution is -0.137. The molecule has 166 valence electrons. The lowest BCUT2D eigenvalue weighted by Crippen LogP contribution is -2.15. The Hall–Kier alpha value is -3.11. The van der Waals surface area contributed by atoms with Crippen molar-refractivity contribution < 1.29 is 26.3 Å². The smallest absolute Gasteiger partial charge is 0.416 e. The molecule has 0 aliphatic carbocycles. The first-order valence-electron chi connectivity index (χ1n) is 9.32. The van der Waals surface area contributed by atoms with Gasteiger partial charge in [0, 0.05) is 5.56 Å². The van der Waals surface area contributed by atoms with Crippen molar-refractivity contribution in [1.29, 1.82) is 0 Å². The molecule has 3 aromatic carbocycles. The van der Waals surface area contributed by atoms with Crippen molar-refractivity contribution in [3.05, 3.63) is 71.8 Å². The van der Waals surface area contributed by atoms with Crippen LogP contribution in [0.5, 0.6) is 5.75 Å². The molecule has 1 N–H and O–H groups in total. The highest BCUT2D eigenvalue weighted by Crippen LogP contribution is 2.35. The summed E-state index contributed by atoms with van der Waals surface area (Å²) in [5.74, 6) is 0.725. The summed E-state index contributed by atoms with van der Waals surface area (Å²) in [6.07, 6.45) is -4.63. The number of aryl methyl sites for hydroxylation is 1. The van der Waals surface area contributed by atoms with Crippen molar-refractivity contribution in [2.75, 3.05) is 11.8 Å². The molecule has 0 aliphatic rings. The van der Waals surface area contributed by atoms with Crippen molar-refractivity contribution in [2.24, 2.45) is 0 Å². The van der Waals surface area contributed by atoms with Crippen LogP contribution in [0.15, 0.2) is 65.6 Å². The third kappa shape index (κ3) is 4.42. The molecule has 0 fully saturated rings. The summed E-state index contributed by atoms with van der Waals surface area (Å²) in [7, 11) is -2.61. The molecule has 0 spiro atoms. The SMILES string of the molecule is COc1ccc2nc(-c3ccc(NS(=O)(=O)c4cccc(C(F)(F)F)c4)c(C)c3)sc2c1. The van der Waals surface area contributed by atoms with Gasteiger partial charge in [-0.05, 0) is 67.1 Å². The molecule has 0 saturated carbocycles. The third-order valence-electron chi connectivity index (χ3n) is 4.78. The predicted molar refractivity (Wildman–Crippen MR) is 119 cm³/mol. The zero-order chi connectivity index (χ0) is 23.1. The zero-order valence-electron chi connectivity index (χ0n) is 16.9. The van der Waals surface area contributed by atoms with E-state index in [1.54, 1.807) is 32.2 Å². The fraction of sp³-hybridized carbons (Fsp3) is 0.136. The minimum absolute atomic E-state index is 0.272. The molecule has 0 atom stereocenters. The van der Waals surface area contributed by atoms with Crippen LogP contribution in [0.4, 0.5) is 18.9 Å². The molecule has 0 unspecified atom stereocenters. The van der Waals surface area contributed by atoms with E-state index in [1.807, 2.05) is 18.2 Å². The molecule has 4 rings (SSSR count). The van der Waals surface area contributed by atoms with Gasteiger partial charge in [0.1, 0.15) is 10.8 Å². The van der Waals surface area contributed by atoms with Crippen LogP contribution < -0.4 is 9.46 Å². The van der Waals surface area contributed by atoms with Gasteiger partial charge in [0.15, 0.2) is 0 Å². The predicted octanol–water partition coefficient (Wildman–Crippen LogP) is 6.10. The van der Waals surface area contributed by atoms with Crippen LogP contribution in [0, 0.1) is 6.92 Å². The first kappa shape index (κ1) is 22.1. The molecule has 0 amide bonds. The number of aromatic nitrogens is 1. The topological polar surface area (TPSA) is 68.3 Å². The maximum atomic E-state index is 12.9. The van der Waals surface area contributed by atoms with E-state index in [4.69, 9.17) is 4.74 Å². The molecule has 10 heteroatoms. The number of nitrogens with one attached hydrogen (secondary N) is 1. The van der Waals surface area contributed by atoms with E-state index < -0.39 is 26.7 Å². The Labute approximate surface area is 186 Å². The van der Waals surface area contributed by atoms with Gasteiger partial charge in [-0.25, -0.2) is 13.4 Å². The van der Waals surface area contributed by atoms with Gasteiger partial charge in [0.25, 0.3) is 10.0 Å². The van der Waals surface area contributed by atoms with Crippen molar-refractivity contribution >= 4 is 37.3 Å². The molecular formula is C22H17F3N2O3S2. The highest BCUT2D eigenvalue weighted by molar-refractivity contribution is 7.92. The molecule has 0 saturated heterocycles. The highest BCUT2D eigenvalue weighted by atomic mass is 32.2. The number of anilines is 1. The van der Waals surface area contributed by atoms with Crippen molar-refractivity contribution in [2.45, 2.75) is 18.0 Å². The van der Waals surface area contributed by atoms with Gasteiger partial charge in [-0.1, -0.05) is 6.07 Å². The van der Waals surface area contributed by atoms with E-state index in [2.05, 4.69) is 9.71 Å². The second-order valence-corrected chi connectivity index (χ2v) is 9.73. The van der Waals surface area contributed by atoms with Gasteiger partial charge in [-0.2, -0.15) is 13.2 Å². The van der Waals surface area contributed by atoms with Crippen LogP contribution in [0.1, 0.15) is 11.1 Å². The Balaban J connectivity index is 1.63. The van der Waals surface area contributed by atoms with E-state index in [0.717, 1.165) is 44.7 Å². The highest BCUT2D eigenvalue weighted by Gasteiger charge is 2.31. The zero-order valence-corrected chi connectivity index (χ0v) is 18.5. The number of sulfonamides is 1. The van der Waals surface area contributed by atoms with Gasteiger partial charge in [-0.15, -0.1) is 11.3 Å². The van der Waals surface area contributed by atoms with Gasteiger partial charge in [0.2, 0.25) is 0 Å². The van der Waals surface area contributed by atoms with Crippen LogP contribution in [0.25, 0.3) is 20.8 Å². The first-order chi connectivity index (χ1) is 15.1. The molecule has 32 heavy (non-hydrogen) atoms. The number of benzene rings is 3. The minimum atomic E-state index is -4.63. The normalized spacial score (nSPS) is 12.2. The average molecular weight is 479 g/mol. The van der Waals surface area contributed by atoms with Crippen LogP contribution in [0.3, 0.4) is 0 Å². The number of halogens is 3. The summed E-state index contributed by atoms with van der Waals surface area (Å²) < 4.78 is 72.7. The third-order valence-corrected chi connectivity index (χ3v) is 7.22. The van der Waals surface area contributed by atoms with E-state index in [-0.39, 0.29) is 5.69 Å². The fourth-order valence-electron chi connectivity index (χ4n) is 3.11. The van der Waals surface area contributed by atoms with Crippen molar-refractivity contribution in [3.8, 4) is 16.3 Å². The first-order valence-corrected chi connectivity index (χ1v) is 11.6. The number of methoxy groups -OCH3 is 1. The quantitative estimate of drug-likeness (QED) is 0.376. The van der Waals surface area contributed by atoms with E-state index in [9.17, 15) is 21.6 Å². The van der Waals surface area contributed by atoms with Crippen molar-refractivity contribution in [1.82, 2.24) is 4.98 Å². The Morgan fingerprint density at radius 1 is 1.03 bits per heavy atom. The minimum Gasteiger partial charge on any atom is -0.497 e. The van der Waals surface area contributed by atoms with Gasteiger partial charge in [-0.3, -0.25) is 4.72 Å². The largest absolute Gasteiger partial charge is 0.497 e. The van der Waals surface area contributed by atoms with E-state index in [1.165, 1.54) is 11.3 Å². The number of ether oxygens (including phenoxy) is 1. The number of rotatable bonds is 5. The molecule has 1 aromatic heterocycles. The van der Waals surface area contributed by atoms with Crippen LogP contribution >= 0.6 is 11.3 Å². The van der Waals surface area contributed by atoms with Gasteiger partial charge < -0.3 is 4.74 Å². The summed E-state index contributed by atoms with van der Waals surface area (Å²) >= 11 is 1.47. The molecule has 0 aliphatic heterocycles. The lowest BCUT2D eigenvalue weighted by atomic mass is 10.1. The number of fused-ring (bicyclic) bond motifs is 1. The monoisotopic (exact) mass is 478 g/mol. The molecular weight excluding hydrogens is 461 g/mol. The summed E-state index contributed by atoms with van der Waals surface area (Å²) in [5, 5.41) is 0.753. The van der Waals surface area contributed by atoms with Crippen molar-refractivity contribution in [3.63, 3.8) is 0 Å². The van der Waals surface area contributed by atoms with Crippen LogP contribution in [-0.4, -0.2) is 20.5 Å². The second-order valence-electron chi connectivity index (χ2n) is 7.01. The number of hydrogen-bond acceptors (Lipinski definition) is 5. The summed E-state index contributed by atoms with van der Waals surface area (Å²) in [6, 6.07) is 14.3. The number of alkyl halides is 3. The summed E-state index contributed by atoms with van der Waals surface area (Å²) in [6.45, 7) is 1.71. The number of nitrogens with zero attached hydrogens (tertiary/aromatic N) is 1. The number of thiazole rings is 1. The maximum absolute atomic E-state index is 12.9. The van der Waals surface area contributed by atoms with E-state index >= 15 is 0 Å². The fourth-order valence-corrected chi connectivity index (χ4v) is 5.28. The lowest BCUT2D eigenvalue weighted by Gasteiger charge is -2.13. The Bertz CT molecular complexity index is 1410. The number of hydrogen-bond donors (Lipinski definition) is 1. The van der Waals surface area contributed by atoms with Crippen LogP contribution in [0.2, 0.25) is 0 Å². The average Bonchev–Trinajstić information content (AvgIpc) is 3.18. The van der Waals surface area contributed by atoms with E-state index in [0.29, 0.717) is 11.6 Å². The Morgan fingerprint density at radius 2 is 1.81 bits per heavy atom. The maximum Gasteiger partial charge on any atom is 0.416 e. The van der Waals surface area contributed by atoms with Gasteiger partial charge >= 0.3 is 6.18 Å². The summed E-state index contributed by atoms with van der Waals surface area (Å²) in [5.41, 5.74) is 1.46. The van der Waals surface area contributed by atoms with Gasteiger partial charge in [0.05, 0.1) is 33.5 Å². The molecule has 0 radical (unpaired) electrons. The molecule has 1 heterocycles. The second kappa shape index (κ2) is 8.10. The summed E-state index contributed by atoms with van der Waals surface area (Å²) in [4.78, 5) is 4.14. The van der Waals surface area contributed by atoms with Crippen LogP contribution in [-0.2, 0) is 16.2 Å². The molecule has 5 nitrogen and oxygen atoms in total. The molecule has 0 bridgehead atoms. The Kier molecular flexibility index (Phi) is 5.59. The Morgan fingerprint density at radius 3 is 2.50 bits per heavy atom. The standard InChI is InChI=1S/C22H17F3N2O3S2/c1-13-10-14(21-26-19-9-7-16(30-2)12-20(19)31-21)6-8-18(13)27-32(28,29)17-5-3-4-15(11-17)22(23,24)25/h3-12,27H,1-2H3.